The van der Waals surface area contributed by atoms with Crippen LogP contribution in [0.1, 0.15) is 13.8 Å². The van der Waals surface area contributed by atoms with E-state index in [4.69, 9.17) is 28.3 Å². The molecule has 0 aromatic heterocycles. The Morgan fingerprint density at radius 3 is 1.03 bits per heavy atom. The maximum absolute atomic E-state index is 6.63. The summed E-state index contributed by atoms with van der Waals surface area (Å²) in [4.78, 5) is 0. The van der Waals surface area contributed by atoms with Crippen LogP contribution in [0.4, 0.5) is 0 Å². The molecule has 1 saturated heterocycles. The molecule has 4 aromatic carbocycles. The summed E-state index contributed by atoms with van der Waals surface area (Å²) in [6.07, 6.45) is 2.11. The van der Waals surface area contributed by atoms with Gasteiger partial charge < -0.3 is 9.47 Å². The maximum atomic E-state index is 6.63. The molecule has 0 amide bonds. The van der Waals surface area contributed by atoms with Crippen molar-refractivity contribution in [3.05, 3.63) is 121 Å². The van der Waals surface area contributed by atoms with Crippen molar-refractivity contribution in [2.75, 3.05) is 12.3 Å². The van der Waals surface area contributed by atoms with Gasteiger partial charge in [-0.1, -0.05) is 72.8 Å². The molecule has 1 aliphatic rings. The van der Waals surface area contributed by atoms with Gasteiger partial charge in [0.1, 0.15) is 12.2 Å². The van der Waals surface area contributed by atoms with Crippen LogP contribution >= 0.6 is 34.7 Å². The summed E-state index contributed by atoms with van der Waals surface area (Å²) >= 11 is -0.472. The van der Waals surface area contributed by atoms with Gasteiger partial charge in [-0.3, -0.25) is 0 Å². The second-order valence-electron chi connectivity index (χ2n) is 9.59. The number of rotatable bonds is 8. The Kier molecular flexibility index (Phi) is 11.9. The number of ether oxygens (including phenoxy) is 2. The molecule has 0 saturated carbocycles. The van der Waals surface area contributed by atoms with E-state index in [0.717, 1.165) is 12.3 Å². The summed E-state index contributed by atoms with van der Waals surface area (Å²) in [7, 11) is 7.71. The van der Waals surface area contributed by atoms with Gasteiger partial charge in [0.15, 0.2) is 5.79 Å². The van der Waals surface area contributed by atoms with E-state index in [-0.39, 0.29) is 12.2 Å². The quantitative estimate of drug-likeness (QED) is 0.188. The predicted octanol–water partition coefficient (Wildman–Crippen LogP) is 6.61. The fraction of sp³-hybridized carbons (Fsp3) is 0.226. The number of hydrogen-bond acceptors (Lipinski definition) is 2. The molecule has 0 spiro atoms. The molecular formula is C31H34Cl2O2P2Pt+2. The Morgan fingerprint density at radius 1 is 0.553 bits per heavy atom. The molecule has 202 valence electrons. The topological polar surface area (TPSA) is 18.5 Å². The number of halogens is 2. The molecule has 0 N–H and O–H groups in total. The first kappa shape index (κ1) is 29.9. The average molecular weight is 767 g/mol. The molecule has 1 heterocycles. The van der Waals surface area contributed by atoms with Gasteiger partial charge in [0.25, 0.3) is 0 Å². The normalized spacial score (nSPS) is 18.4. The molecule has 0 radical (unpaired) electrons. The summed E-state index contributed by atoms with van der Waals surface area (Å²) < 4.78 is 13.3. The van der Waals surface area contributed by atoms with E-state index in [9.17, 15) is 0 Å². The van der Waals surface area contributed by atoms with Gasteiger partial charge in [0.05, 0.1) is 49.4 Å². The van der Waals surface area contributed by atoms with Crippen LogP contribution < -0.4 is 21.2 Å². The molecule has 1 aliphatic heterocycles. The fourth-order valence-corrected chi connectivity index (χ4v) is 10.5. The van der Waals surface area contributed by atoms with Gasteiger partial charge in [-0.2, -0.15) is 0 Å². The second kappa shape index (κ2) is 15.1. The van der Waals surface area contributed by atoms with Crippen LogP contribution in [0.3, 0.4) is 0 Å². The second-order valence-corrected chi connectivity index (χ2v) is 17.9. The molecule has 2 atom stereocenters. The van der Waals surface area contributed by atoms with Crippen molar-refractivity contribution in [3.63, 3.8) is 0 Å². The van der Waals surface area contributed by atoms with Crippen molar-refractivity contribution in [1.82, 2.24) is 0 Å². The Balaban J connectivity index is 0.00000107. The monoisotopic (exact) mass is 765 g/mol. The molecule has 0 bridgehead atoms. The molecule has 7 heteroatoms. The van der Waals surface area contributed by atoms with E-state index in [1.165, 1.54) is 21.2 Å². The predicted molar refractivity (Wildman–Crippen MR) is 166 cm³/mol. The van der Waals surface area contributed by atoms with Crippen molar-refractivity contribution in [3.8, 4) is 0 Å². The van der Waals surface area contributed by atoms with E-state index >= 15 is 0 Å². The summed E-state index contributed by atoms with van der Waals surface area (Å²) in [6, 6.07) is 43.9. The van der Waals surface area contributed by atoms with Crippen molar-refractivity contribution in [2.24, 2.45) is 0 Å². The van der Waals surface area contributed by atoms with E-state index in [1.807, 2.05) is 0 Å². The molecule has 4 aromatic rings. The number of benzene rings is 4. The third kappa shape index (κ3) is 8.46. The van der Waals surface area contributed by atoms with Gasteiger partial charge in [-0.15, -0.1) is 0 Å². The number of hydrogen-bond donors (Lipinski definition) is 0. The van der Waals surface area contributed by atoms with Crippen molar-refractivity contribution < 1.29 is 26.0 Å². The first-order valence-corrected chi connectivity index (χ1v) is 21.7. The summed E-state index contributed by atoms with van der Waals surface area (Å²) in [6.45, 7) is 4.13. The molecule has 0 aliphatic carbocycles. The molecule has 2 unspecified atom stereocenters. The average Bonchev–Trinajstić information content (AvgIpc) is 3.25. The molecule has 2 nitrogen and oxygen atoms in total. The van der Waals surface area contributed by atoms with Crippen LogP contribution in [0, 0.1) is 0 Å². The summed E-state index contributed by atoms with van der Waals surface area (Å²) in [5.41, 5.74) is 0. The molecule has 1 fully saturated rings. The van der Waals surface area contributed by atoms with Crippen molar-refractivity contribution in [2.45, 2.75) is 31.8 Å². The van der Waals surface area contributed by atoms with Crippen LogP contribution in [-0.4, -0.2) is 30.3 Å². The Labute approximate surface area is 246 Å². The molecular weight excluding hydrogens is 732 g/mol. The first-order valence-electron chi connectivity index (χ1n) is 12.6. The van der Waals surface area contributed by atoms with Crippen LogP contribution in [0.25, 0.3) is 0 Å². The Bertz CT molecular complexity index is 1040. The van der Waals surface area contributed by atoms with Crippen LogP contribution in [-0.2, 0) is 26.0 Å². The van der Waals surface area contributed by atoms with Crippen molar-refractivity contribution >= 4 is 55.9 Å². The Hall–Kier alpha value is -1.07. The van der Waals surface area contributed by atoms with Crippen LogP contribution in [0.5, 0.6) is 0 Å². The Morgan fingerprint density at radius 2 is 0.789 bits per heavy atom. The van der Waals surface area contributed by atoms with E-state index < -0.39 is 38.1 Å². The summed E-state index contributed by atoms with van der Waals surface area (Å²) in [5.74, 6) is -0.573. The fourth-order valence-electron chi connectivity index (χ4n) is 5.02. The van der Waals surface area contributed by atoms with Crippen LogP contribution in [0.15, 0.2) is 121 Å². The minimum atomic E-state index is -1.02. The molecule has 38 heavy (non-hydrogen) atoms. The first-order chi connectivity index (χ1) is 18.5. The standard InChI is InChI=1S/C31H32O2P2.2ClH.Pt/c1-31(2)32-29(23-34(25-15-7-3-8-16-25)26-17-9-4-10-18-26)30(33-31)24-35(27-19-11-5-12-20-27)28-21-13-6-14-22-28;;;/h3-22,29-30H,23-24H2,1-2H3;2*1H;/q;;;+2. The zero-order chi connectivity index (χ0) is 26.8. The van der Waals surface area contributed by atoms with Gasteiger partial charge in [-0.05, 0) is 62.4 Å². The van der Waals surface area contributed by atoms with Gasteiger partial charge in [0, 0.05) is 0 Å². The van der Waals surface area contributed by atoms with Gasteiger partial charge in [-0.25, -0.2) is 0 Å². The van der Waals surface area contributed by atoms with Crippen molar-refractivity contribution in [1.29, 1.82) is 0 Å². The summed E-state index contributed by atoms with van der Waals surface area (Å²) in [5, 5.41) is 5.69. The van der Waals surface area contributed by atoms with E-state index in [0.29, 0.717) is 0 Å². The third-order valence-corrected chi connectivity index (χ3v) is 12.3. The molecule has 5 rings (SSSR count). The third-order valence-electron chi connectivity index (χ3n) is 6.58. The van der Waals surface area contributed by atoms with Crippen LogP contribution in [0.2, 0.25) is 0 Å². The zero-order valence-corrected chi connectivity index (χ0v) is 27.3. The SMILES string of the molecule is CC1(C)OC(C[PH+](c2ccccc2)c2ccccc2)C(C[PH+](c2ccccc2)c2ccccc2)O1.[Cl][Pt][Cl]. The van der Waals surface area contributed by atoms with E-state index in [2.05, 4.69) is 135 Å². The van der Waals surface area contributed by atoms with E-state index in [1.54, 1.807) is 0 Å². The zero-order valence-electron chi connectivity index (χ0n) is 21.5. The minimum absolute atomic E-state index is 0.0618. The van der Waals surface area contributed by atoms with Gasteiger partial charge in [0.2, 0.25) is 0 Å². The van der Waals surface area contributed by atoms with Gasteiger partial charge >= 0.3 is 35.3 Å².